The molecule has 1 aliphatic carbocycles. The van der Waals surface area contributed by atoms with Gasteiger partial charge in [0.15, 0.2) is 0 Å². The molecule has 1 aliphatic rings. The first-order valence-electron chi connectivity index (χ1n) is 24.3. The van der Waals surface area contributed by atoms with Gasteiger partial charge in [-0.25, -0.2) is 4.57 Å². The third-order valence-electron chi connectivity index (χ3n) is 11.3. The van der Waals surface area contributed by atoms with Crippen molar-refractivity contribution in [2.24, 2.45) is 0 Å². The quantitative estimate of drug-likeness (QED) is 0.0148. The second kappa shape index (κ2) is 39.0. The lowest BCUT2D eigenvalue weighted by Gasteiger charge is -2.41. The summed E-state index contributed by atoms with van der Waals surface area (Å²) in [4.78, 5) is 23.2. The molecule has 0 saturated heterocycles. The molecule has 6 atom stereocenters. The number of phosphoric acid groups is 1. The van der Waals surface area contributed by atoms with E-state index in [4.69, 9.17) is 18.5 Å². The van der Waals surface area contributed by atoms with Crippen LogP contribution in [0.3, 0.4) is 0 Å². The molecular formula is C48H89O12P. The molecule has 0 spiro atoms. The smallest absolute Gasteiger partial charge is 0.457 e. The lowest BCUT2D eigenvalue weighted by Crippen LogP contribution is -2.64. The molecule has 61 heavy (non-hydrogen) atoms. The van der Waals surface area contributed by atoms with Gasteiger partial charge in [0.25, 0.3) is 0 Å². The summed E-state index contributed by atoms with van der Waals surface area (Å²) >= 11 is 0. The van der Waals surface area contributed by atoms with Crippen molar-refractivity contribution in [3.8, 4) is 0 Å². The maximum Gasteiger partial charge on any atom is 0.472 e. The van der Waals surface area contributed by atoms with E-state index < -0.39 is 63.1 Å². The molecule has 0 aromatic heterocycles. The highest BCUT2D eigenvalue weighted by atomic mass is 31.2. The minimum Gasteiger partial charge on any atom is -0.457 e. The molecule has 0 radical (unpaired) electrons. The van der Waals surface area contributed by atoms with Gasteiger partial charge >= 0.3 is 13.8 Å². The number of phosphoric ester groups is 1. The number of esters is 1. The van der Waals surface area contributed by atoms with Crippen LogP contribution in [-0.4, -0.2) is 98.9 Å². The second-order valence-electron chi connectivity index (χ2n) is 17.0. The number of aliphatic hydroxyl groups excluding tert-OH is 5. The largest absolute Gasteiger partial charge is 0.472 e. The van der Waals surface area contributed by atoms with Crippen molar-refractivity contribution in [2.75, 3.05) is 19.8 Å². The number of hydrogen-bond acceptors (Lipinski definition) is 11. The molecule has 1 fully saturated rings. The van der Waals surface area contributed by atoms with Crippen molar-refractivity contribution in [1.29, 1.82) is 0 Å². The molecule has 0 amide bonds. The molecule has 0 aromatic carbocycles. The summed E-state index contributed by atoms with van der Waals surface area (Å²) in [5, 5.41) is 50.2. The van der Waals surface area contributed by atoms with Crippen LogP contribution in [0, 0.1) is 0 Å². The number of carbonyl (C=O) groups is 1. The fourth-order valence-electron chi connectivity index (χ4n) is 7.36. The van der Waals surface area contributed by atoms with E-state index in [1.165, 1.54) is 103 Å². The summed E-state index contributed by atoms with van der Waals surface area (Å²) in [5.74, 6) is -0.488. The van der Waals surface area contributed by atoms with Crippen molar-refractivity contribution in [1.82, 2.24) is 0 Å². The Balaban J connectivity index is 2.37. The van der Waals surface area contributed by atoms with E-state index in [0.717, 1.165) is 70.6 Å². The second-order valence-corrected chi connectivity index (χ2v) is 18.4. The molecule has 1 saturated carbocycles. The normalized spacial score (nSPS) is 22.4. The van der Waals surface area contributed by atoms with Crippen LogP contribution in [0.4, 0.5) is 0 Å². The topological polar surface area (TPSA) is 192 Å². The fourth-order valence-corrected chi connectivity index (χ4v) is 8.34. The van der Waals surface area contributed by atoms with Crippen LogP contribution in [0.15, 0.2) is 36.5 Å². The highest BCUT2D eigenvalue weighted by Gasteiger charge is 2.51. The number of unbranched alkanes of at least 4 members (excludes halogenated alkanes) is 23. The lowest BCUT2D eigenvalue weighted by molar-refractivity contribution is -0.220. The molecular weight excluding hydrogens is 799 g/mol. The summed E-state index contributed by atoms with van der Waals surface area (Å²) in [6.07, 6.45) is 33.5. The van der Waals surface area contributed by atoms with Crippen molar-refractivity contribution < 1.29 is 58.3 Å². The minimum atomic E-state index is -5.02. The highest BCUT2D eigenvalue weighted by molar-refractivity contribution is 7.47. The van der Waals surface area contributed by atoms with E-state index >= 15 is 0 Å². The van der Waals surface area contributed by atoms with Gasteiger partial charge < -0.3 is 39.9 Å². The predicted molar refractivity (Wildman–Crippen MR) is 244 cm³/mol. The summed E-state index contributed by atoms with van der Waals surface area (Å²) in [7, 11) is -5.02. The molecule has 0 aliphatic heterocycles. The summed E-state index contributed by atoms with van der Waals surface area (Å²) in [5.41, 5.74) is 0. The Morgan fingerprint density at radius 1 is 0.525 bits per heavy atom. The van der Waals surface area contributed by atoms with Crippen LogP contribution in [0.25, 0.3) is 0 Å². The molecule has 0 heterocycles. The summed E-state index contributed by atoms with van der Waals surface area (Å²) in [6.45, 7) is 4.25. The van der Waals surface area contributed by atoms with E-state index in [9.17, 15) is 39.8 Å². The third-order valence-corrected chi connectivity index (χ3v) is 12.3. The van der Waals surface area contributed by atoms with Gasteiger partial charge in [0.2, 0.25) is 0 Å². The van der Waals surface area contributed by atoms with E-state index in [1.54, 1.807) is 0 Å². The van der Waals surface area contributed by atoms with Gasteiger partial charge in [0.1, 0.15) is 42.7 Å². The minimum absolute atomic E-state index is 0.0797. The van der Waals surface area contributed by atoms with Gasteiger partial charge in [0, 0.05) is 13.0 Å². The van der Waals surface area contributed by atoms with Crippen LogP contribution in [0.1, 0.15) is 200 Å². The van der Waals surface area contributed by atoms with Crippen LogP contribution >= 0.6 is 7.82 Å². The van der Waals surface area contributed by atoms with E-state index in [1.807, 2.05) is 0 Å². The molecule has 358 valence electrons. The number of hydrogen-bond donors (Lipinski definition) is 6. The number of ether oxygens (including phenoxy) is 2. The molecule has 6 N–H and O–H groups in total. The zero-order valence-electron chi connectivity index (χ0n) is 38.2. The molecule has 13 heteroatoms. The number of carbonyl (C=O) groups excluding carboxylic acids is 1. The number of aliphatic hydroxyl groups is 5. The molecule has 0 bridgehead atoms. The first-order chi connectivity index (χ1) is 29.5. The van der Waals surface area contributed by atoms with Crippen LogP contribution in [0.2, 0.25) is 0 Å². The Labute approximate surface area is 370 Å². The van der Waals surface area contributed by atoms with Gasteiger partial charge in [-0.1, -0.05) is 179 Å². The monoisotopic (exact) mass is 889 g/mol. The van der Waals surface area contributed by atoms with E-state index in [0.29, 0.717) is 13.0 Å². The molecule has 6 unspecified atom stereocenters. The highest BCUT2D eigenvalue weighted by Crippen LogP contribution is 2.47. The van der Waals surface area contributed by atoms with Crippen molar-refractivity contribution >= 4 is 13.8 Å². The predicted octanol–water partition coefficient (Wildman–Crippen LogP) is 10.3. The Morgan fingerprint density at radius 3 is 1.39 bits per heavy atom. The fraction of sp³-hybridized carbons (Fsp3) is 0.854. The first kappa shape index (κ1) is 57.6. The average molecular weight is 889 g/mol. The lowest BCUT2D eigenvalue weighted by atomic mass is 9.85. The first-order valence-corrected chi connectivity index (χ1v) is 25.8. The summed E-state index contributed by atoms with van der Waals surface area (Å²) < 4.78 is 34.2. The van der Waals surface area contributed by atoms with E-state index in [2.05, 4.69) is 50.3 Å². The molecule has 12 nitrogen and oxygen atoms in total. The zero-order valence-corrected chi connectivity index (χ0v) is 39.1. The van der Waals surface area contributed by atoms with Crippen LogP contribution in [-0.2, 0) is 27.9 Å². The Kier molecular flexibility index (Phi) is 36.8. The van der Waals surface area contributed by atoms with E-state index in [-0.39, 0.29) is 13.0 Å². The Bertz CT molecular complexity index is 1150. The van der Waals surface area contributed by atoms with Crippen LogP contribution < -0.4 is 0 Å². The Morgan fingerprint density at radius 2 is 0.918 bits per heavy atom. The van der Waals surface area contributed by atoms with Crippen LogP contribution in [0.5, 0.6) is 0 Å². The number of rotatable bonds is 41. The molecule has 1 rings (SSSR count). The third kappa shape index (κ3) is 31.1. The summed E-state index contributed by atoms with van der Waals surface area (Å²) in [6, 6.07) is 0. The molecule has 0 aromatic rings. The number of allylic oxidation sites excluding steroid dienone is 6. The maximum atomic E-state index is 12.8. The van der Waals surface area contributed by atoms with Gasteiger partial charge in [-0.3, -0.25) is 13.8 Å². The maximum absolute atomic E-state index is 12.8. The average Bonchev–Trinajstić information content (AvgIpc) is 3.24. The van der Waals surface area contributed by atoms with Gasteiger partial charge in [-0.05, 0) is 51.4 Å². The van der Waals surface area contributed by atoms with Crippen molar-refractivity contribution in [2.45, 2.75) is 243 Å². The van der Waals surface area contributed by atoms with Gasteiger partial charge in [-0.15, -0.1) is 0 Å². The van der Waals surface area contributed by atoms with Crippen molar-refractivity contribution in [3.05, 3.63) is 36.5 Å². The SMILES string of the molecule is CCCCCCC/C=C\C/C=C\C/C=C\CCCCCCCCC(=O)OC(COCCCCCCCCCCCCCCC)COP(=O)(O)OC1C(O)C(O)C(O)C(O)C1O. The standard InChI is InChI=1S/C48H89O12P/c1-3-5-7-9-11-13-15-17-18-19-20-21-22-23-24-25-27-29-31-33-35-37-42(49)59-41(39-57-38-36-34-32-30-28-26-16-14-12-10-8-6-4-2)40-58-61(55,56)60-48-46(53)44(51)43(50)45(52)47(48)54/h15,17,19-20,22-23,41,43-48,50-54H,3-14,16,18,21,24-40H2,1-2H3,(H,55,56)/b17-15-,20-19-,23-22-. The Hall–Kier alpha value is -1.44. The van der Waals surface area contributed by atoms with Crippen molar-refractivity contribution in [3.63, 3.8) is 0 Å². The zero-order chi connectivity index (χ0) is 44.8. The van der Waals surface area contributed by atoms with Gasteiger partial charge in [-0.2, -0.15) is 0 Å². The van der Waals surface area contributed by atoms with Gasteiger partial charge in [0.05, 0.1) is 13.2 Å².